The summed E-state index contributed by atoms with van der Waals surface area (Å²) in [5.74, 6) is -0.267. The van der Waals surface area contributed by atoms with Gasteiger partial charge in [0.2, 0.25) is 5.91 Å². The Bertz CT molecular complexity index is 821. The maximum Gasteiger partial charge on any atom is 0.261 e. The Hall–Kier alpha value is -2.86. The molecule has 2 heterocycles. The number of fused-ring (bicyclic) bond motifs is 1. The minimum atomic E-state index is -0.783. The number of hydrogen-bond acceptors (Lipinski definition) is 5. The van der Waals surface area contributed by atoms with Crippen LogP contribution in [0.2, 0.25) is 0 Å². The van der Waals surface area contributed by atoms with E-state index in [-0.39, 0.29) is 17.9 Å². The fourth-order valence-electron chi connectivity index (χ4n) is 3.72. The zero-order chi connectivity index (χ0) is 18.3. The second kappa shape index (κ2) is 6.46. The molecule has 0 aliphatic carbocycles. The van der Waals surface area contributed by atoms with Crippen molar-refractivity contribution in [1.29, 1.82) is 0 Å². The first-order valence-corrected chi connectivity index (χ1v) is 8.66. The standard InChI is InChI=1S/C20H20N2O4/c1-3-21-19(23)16-17(13-9-11-15(25-2)12-10-13)22(26-18(16)20(21)24)14-7-5-4-6-8-14/h4-12,16-18H,3H2,1-2H3. The first-order chi connectivity index (χ1) is 12.7. The van der Waals surface area contributed by atoms with Crippen LogP contribution in [0.1, 0.15) is 18.5 Å². The molecule has 2 fully saturated rings. The molecule has 134 valence electrons. The van der Waals surface area contributed by atoms with Crippen LogP contribution >= 0.6 is 0 Å². The van der Waals surface area contributed by atoms with E-state index in [1.54, 1.807) is 19.1 Å². The molecule has 0 saturated carbocycles. The molecule has 0 radical (unpaired) electrons. The molecule has 2 aromatic rings. The lowest BCUT2D eigenvalue weighted by Crippen LogP contribution is -2.37. The molecular formula is C20H20N2O4. The quantitative estimate of drug-likeness (QED) is 0.792. The Morgan fingerprint density at radius 1 is 1.00 bits per heavy atom. The van der Waals surface area contributed by atoms with Gasteiger partial charge < -0.3 is 4.74 Å². The summed E-state index contributed by atoms with van der Waals surface area (Å²) in [7, 11) is 1.61. The van der Waals surface area contributed by atoms with Crippen molar-refractivity contribution < 1.29 is 19.2 Å². The van der Waals surface area contributed by atoms with E-state index in [0.29, 0.717) is 6.54 Å². The number of likely N-dealkylation sites (N-methyl/N-ethyl adjacent to an activating group) is 1. The van der Waals surface area contributed by atoms with Crippen LogP contribution in [0, 0.1) is 5.92 Å². The maximum absolute atomic E-state index is 12.9. The lowest BCUT2D eigenvalue weighted by atomic mass is 9.90. The third-order valence-electron chi connectivity index (χ3n) is 4.99. The van der Waals surface area contributed by atoms with Gasteiger partial charge in [-0.3, -0.25) is 19.3 Å². The van der Waals surface area contributed by atoms with Crippen molar-refractivity contribution in [2.45, 2.75) is 19.1 Å². The van der Waals surface area contributed by atoms with Gasteiger partial charge in [0.05, 0.1) is 18.8 Å². The molecule has 3 atom stereocenters. The van der Waals surface area contributed by atoms with Crippen molar-refractivity contribution in [2.75, 3.05) is 18.7 Å². The van der Waals surface area contributed by atoms with Gasteiger partial charge in [-0.05, 0) is 36.8 Å². The maximum atomic E-state index is 12.9. The highest BCUT2D eigenvalue weighted by atomic mass is 16.7. The summed E-state index contributed by atoms with van der Waals surface area (Å²) < 4.78 is 5.23. The van der Waals surface area contributed by atoms with Crippen molar-refractivity contribution in [2.24, 2.45) is 5.92 Å². The van der Waals surface area contributed by atoms with Crippen LogP contribution < -0.4 is 9.80 Å². The molecule has 2 saturated heterocycles. The summed E-state index contributed by atoms with van der Waals surface area (Å²) in [5.41, 5.74) is 1.72. The smallest absolute Gasteiger partial charge is 0.261 e. The molecule has 2 amide bonds. The highest BCUT2D eigenvalue weighted by Crippen LogP contribution is 2.46. The monoisotopic (exact) mass is 352 g/mol. The molecule has 0 aromatic heterocycles. The number of para-hydroxylation sites is 1. The lowest BCUT2D eigenvalue weighted by molar-refractivity contribution is -0.142. The summed E-state index contributed by atoms with van der Waals surface area (Å²) in [6.45, 7) is 2.16. The van der Waals surface area contributed by atoms with E-state index < -0.39 is 12.0 Å². The number of anilines is 1. The number of hydrogen-bond donors (Lipinski definition) is 0. The van der Waals surface area contributed by atoms with E-state index in [2.05, 4.69) is 0 Å². The number of ether oxygens (including phenoxy) is 1. The van der Waals surface area contributed by atoms with Gasteiger partial charge in [-0.2, -0.15) is 0 Å². The minimum absolute atomic E-state index is 0.179. The van der Waals surface area contributed by atoms with E-state index in [9.17, 15) is 9.59 Å². The molecule has 6 nitrogen and oxygen atoms in total. The predicted octanol–water partition coefficient (Wildman–Crippen LogP) is 2.56. The number of nitrogens with zero attached hydrogens (tertiary/aromatic N) is 2. The molecule has 2 aromatic carbocycles. The van der Waals surface area contributed by atoms with Crippen molar-refractivity contribution >= 4 is 17.5 Å². The lowest BCUT2D eigenvalue weighted by Gasteiger charge is -2.28. The zero-order valence-corrected chi connectivity index (χ0v) is 14.7. The molecule has 0 spiro atoms. The number of benzene rings is 2. The number of rotatable bonds is 4. The Morgan fingerprint density at radius 3 is 2.31 bits per heavy atom. The van der Waals surface area contributed by atoms with Crippen LogP contribution in [-0.4, -0.2) is 36.5 Å². The summed E-state index contributed by atoms with van der Waals surface area (Å²) in [5, 5.41) is 1.69. The number of imide groups is 1. The summed E-state index contributed by atoms with van der Waals surface area (Å²) in [6, 6.07) is 16.7. The Kier molecular flexibility index (Phi) is 4.12. The van der Waals surface area contributed by atoms with Crippen molar-refractivity contribution in [3.8, 4) is 5.75 Å². The van der Waals surface area contributed by atoms with Crippen LogP contribution in [0.5, 0.6) is 5.75 Å². The van der Waals surface area contributed by atoms with Gasteiger partial charge in [0.25, 0.3) is 5.91 Å². The number of methoxy groups -OCH3 is 1. The molecular weight excluding hydrogens is 332 g/mol. The second-order valence-electron chi connectivity index (χ2n) is 6.35. The average Bonchev–Trinajstić information content (AvgIpc) is 3.19. The SMILES string of the molecule is CCN1C(=O)C2ON(c3ccccc3)C(c3ccc(OC)cc3)C2C1=O. The molecule has 4 rings (SSSR count). The number of hydroxylamine groups is 1. The average molecular weight is 352 g/mol. The largest absolute Gasteiger partial charge is 0.497 e. The van der Waals surface area contributed by atoms with Gasteiger partial charge in [0.1, 0.15) is 11.7 Å². The first kappa shape index (κ1) is 16.6. The van der Waals surface area contributed by atoms with Crippen molar-refractivity contribution in [3.05, 3.63) is 60.2 Å². The van der Waals surface area contributed by atoms with Crippen LogP contribution in [0.4, 0.5) is 5.69 Å². The normalized spacial score (nSPS) is 24.9. The van der Waals surface area contributed by atoms with Gasteiger partial charge in [-0.15, -0.1) is 0 Å². The molecule has 26 heavy (non-hydrogen) atoms. The van der Waals surface area contributed by atoms with Crippen LogP contribution in [0.15, 0.2) is 54.6 Å². The van der Waals surface area contributed by atoms with E-state index in [1.165, 1.54) is 4.90 Å². The minimum Gasteiger partial charge on any atom is -0.497 e. The third kappa shape index (κ3) is 2.45. The van der Waals surface area contributed by atoms with Gasteiger partial charge in [0.15, 0.2) is 6.10 Å². The molecule has 2 aliphatic heterocycles. The number of likely N-dealkylation sites (tertiary alicyclic amines) is 1. The van der Waals surface area contributed by atoms with E-state index >= 15 is 0 Å². The number of carbonyl (C=O) groups excluding carboxylic acids is 2. The van der Waals surface area contributed by atoms with Crippen molar-refractivity contribution in [1.82, 2.24) is 4.90 Å². The van der Waals surface area contributed by atoms with E-state index in [1.807, 2.05) is 54.6 Å². The molecule has 2 aliphatic rings. The van der Waals surface area contributed by atoms with Crippen LogP contribution in [-0.2, 0) is 14.4 Å². The Balaban J connectivity index is 1.78. The van der Waals surface area contributed by atoms with Crippen LogP contribution in [0.3, 0.4) is 0 Å². The van der Waals surface area contributed by atoms with Gasteiger partial charge >= 0.3 is 0 Å². The zero-order valence-electron chi connectivity index (χ0n) is 14.7. The summed E-state index contributed by atoms with van der Waals surface area (Å²) in [6.07, 6.45) is -0.783. The van der Waals surface area contributed by atoms with E-state index in [0.717, 1.165) is 17.0 Å². The molecule has 6 heteroatoms. The first-order valence-electron chi connectivity index (χ1n) is 8.66. The Morgan fingerprint density at radius 2 is 1.69 bits per heavy atom. The highest BCUT2D eigenvalue weighted by Gasteiger charge is 2.59. The summed E-state index contributed by atoms with van der Waals surface area (Å²) >= 11 is 0. The molecule has 3 unspecified atom stereocenters. The highest BCUT2D eigenvalue weighted by molar-refractivity contribution is 6.07. The second-order valence-corrected chi connectivity index (χ2v) is 6.35. The molecule has 0 bridgehead atoms. The predicted molar refractivity (Wildman–Crippen MR) is 95.4 cm³/mol. The van der Waals surface area contributed by atoms with Gasteiger partial charge in [0, 0.05) is 6.54 Å². The third-order valence-corrected chi connectivity index (χ3v) is 4.99. The summed E-state index contributed by atoms with van der Waals surface area (Å²) in [4.78, 5) is 32.8. The van der Waals surface area contributed by atoms with Gasteiger partial charge in [-0.25, -0.2) is 5.06 Å². The Labute approximate surface area is 151 Å². The molecule has 0 N–H and O–H groups in total. The fourth-order valence-corrected chi connectivity index (χ4v) is 3.72. The fraction of sp³-hybridized carbons (Fsp3) is 0.300. The topological polar surface area (TPSA) is 59.1 Å². The van der Waals surface area contributed by atoms with Gasteiger partial charge in [-0.1, -0.05) is 30.3 Å². The number of carbonyl (C=O) groups is 2. The number of amides is 2. The van der Waals surface area contributed by atoms with E-state index in [4.69, 9.17) is 9.57 Å². The van der Waals surface area contributed by atoms with Crippen molar-refractivity contribution in [3.63, 3.8) is 0 Å². The van der Waals surface area contributed by atoms with Crippen LogP contribution in [0.25, 0.3) is 0 Å².